The number of hydrogen-bond acceptors (Lipinski definition) is 4. The van der Waals surface area contributed by atoms with Crippen LogP contribution < -0.4 is 4.72 Å². The molecule has 0 radical (unpaired) electrons. The molecular formula is C13H17F2NO4S. The maximum absolute atomic E-state index is 13.7. The van der Waals surface area contributed by atoms with Crippen LogP contribution in [0.15, 0.2) is 17.0 Å². The van der Waals surface area contributed by atoms with Crippen molar-refractivity contribution >= 4 is 10.0 Å². The third-order valence-corrected chi connectivity index (χ3v) is 4.95. The van der Waals surface area contributed by atoms with E-state index in [1.54, 1.807) is 6.92 Å². The number of ether oxygens (including phenoxy) is 1. The van der Waals surface area contributed by atoms with Crippen molar-refractivity contribution in [2.75, 3.05) is 6.61 Å². The van der Waals surface area contributed by atoms with Gasteiger partial charge in [-0.05, 0) is 37.5 Å². The predicted molar refractivity (Wildman–Crippen MR) is 71.0 cm³/mol. The van der Waals surface area contributed by atoms with Crippen molar-refractivity contribution in [1.29, 1.82) is 0 Å². The van der Waals surface area contributed by atoms with E-state index < -0.39 is 39.2 Å². The van der Waals surface area contributed by atoms with Crippen LogP contribution in [0.25, 0.3) is 0 Å². The summed E-state index contributed by atoms with van der Waals surface area (Å²) in [7, 11) is -4.24. The van der Waals surface area contributed by atoms with Gasteiger partial charge < -0.3 is 9.84 Å². The molecule has 0 amide bonds. The molecule has 1 aliphatic rings. The average molecular weight is 321 g/mol. The molecule has 21 heavy (non-hydrogen) atoms. The summed E-state index contributed by atoms with van der Waals surface area (Å²) in [5.41, 5.74) is -0.0148. The van der Waals surface area contributed by atoms with Gasteiger partial charge in [0.25, 0.3) is 0 Å². The van der Waals surface area contributed by atoms with Gasteiger partial charge in [0.15, 0.2) is 11.6 Å². The lowest BCUT2D eigenvalue weighted by Crippen LogP contribution is -2.41. The Balaban J connectivity index is 2.28. The molecule has 1 aromatic carbocycles. The molecule has 1 fully saturated rings. The zero-order valence-corrected chi connectivity index (χ0v) is 12.3. The lowest BCUT2D eigenvalue weighted by atomic mass is 10.1. The summed E-state index contributed by atoms with van der Waals surface area (Å²) in [6, 6.07) is 1.12. The molecule has 1 heterocycles. The van der Waals surface area contributed by atoms with Gasteiger partial charge in [-0.3, -0.25) is 0 Å². The molecule has 0 spiro atoms. The second kappa shape index (κ2) is 6.35. The number of nitrogens with one attached hydrogen (secondary N) is 1. The Kier molecular flexibility index (Phi) is 4.92. The minimum absolute atomic E-state index is 0.0148. The Hall–Kier alpha value is -1.09. The Morgan fingerprint density at radius 2 is 2.19 bits per heavy atom. The number of aliphatic hydroxyl groups excluding tert-OH is 1. The SMILES string of the molecule is CC(NS(=O)(=O)c1cc(CO)cc(F)c1F)C1CCCO1. The van der Waals surface area contributed by atoms with Crippen molar-refractivity contribution in [2.45, 2.75) is 43.4 Å². The van der Waals surface area contributed by atoms with Crippen LogP contribution in [-0.2, 0) is 21.4 Å². The number of rotatable bonds is 5. The highest BCUT2D eigenvalue weighted by Gasteiger charge is 2.29. The van der Waals surface area contributed by atoms with Gasteiger partial charge in [-0.25, -0.2) is 21.9 Å². The van der Waals surface area contributed by atoms with Gasteiger partial charge in [0, 0.05) is 12.6 Å². The van der Waals surface area contributed by atoms with E-state index in [1.165, 1.54) is 0 Å². The summed E-state index contributed by atoms with van der Waals surface area (Å²) in [5, 5.41) is 8.97. The molecule has 2 rings (SSSR count). The molecular weight excluding hydrogens is 304 g/mol. The van der Waals surface area contributed by atoms with Crippen molar-refractivity contribution in [1.82, 2.24) is 4.72 Å². The summed E-state index contributed by atoms with van der Waals surface area (Å²) in [6.07, 6.45) is 1.26. The topological polar surface area (TPSA) is 75.6 Å². The first-order chi connectivity index (χ1) is 9.85. The molecule has 0 bridgehead atoms. The lowest BCUT2D eigenvalue weighted by molar-refractivity contribution is 0.0902. The summed E-state index contributed by atoms with van der Waals surface area (Å²) in [6.45, 7) is 1.58. The van der Waals surface area contributed by atoms with E-state index >= 15 is 0 Å². The second-order valence-corrected chi connectivity index (χ2v) is 6.69. The molecule has 8 heteroatoms. The molecule has 2 N–H and O–H groups in total. The van der Waals surface area contributed by atoms with Gasteiger partial charge in [-0.1, -0.05) is 0 Å². The quantitative estimate of drug-likeness (QED) is 0.857. The van der Waals surface area contributed by atoms with Crippen molar-refractivity contribution < 1.29 is 27.0 Å². The monoisotopic (exact) mass is 321 g/mol. The number of aliphatic hydroxyl groups is 1. The minimum atomic E-state index is -4.24. The number of benzene rings is 1. The fraction of sp³-hybridized carbons (Fsp3) is 0.538. The van der Waals surface area contributed by atoms with E-state index in [4.69, 9.17) is 9.84 Å². The van der Waals surface area contributed by atoms with Gasteiger partial charge in [0.2, 0.25) is 10.0 Å². The first kappa shape index (κ1) is 16.3. The number of sulfonamides is 1. The standard InChI is InChI=1S/C13H17F2NO4S/c1-8(11-3-2-4-20-11)16-21(18,19)12-6-9(7-17)5-10(14)13(12)15/h5-6,8,11,16-17H,2-4,7H2,1H3. The Morgan fingerprint density at radius 3 is 2.76 bits per heavy atom. The summed E-state index contributed by atoms with van der Waals surface area (Å²) < 4.78 is 59.2. The second-order valence-electron chi connectivity index (χ2n) is 5.01. The van der Waals surface area contributed by atoms with Crippen molar-refractivity contribution in [3.8, 4) is 0 Å². The zero-order valence-electron chi connectivity index (χ0n) is 11.5. The van der Waals surface area contributed by atoms with Gasteiger partial charge in [-0.2, -0.15) is 0 Å². The molecule has 2 unspecified atom stereocenters. The van der Waals surface area contributed by atoms with Crippen LogP contribution in [0.1, 0.15) is 25.3 Å². The fourth-order valence-electron chi connectivity index (χ4n) is 2.29. The fourth-order valence-corrected chi connectivity index (χ4v) is 3.69. The van der Waals surface area contributed by atoms with E-state index in [1.807, 2.05) is 0 Å². The van der Waals surface area contributed by atoms with Gasteiger partial charge >= 0.3 is 0 Å². The van der Waals surface area contributed by atoms with E-state index in [9.17, 15) is 17.2 Å². The third-order valence-electron chi connectivity index (χ3n) is 3.39. The Morgan fingerprint density at radius 1 is 1.48 bits per heavy atom. The van der Waals surface area contributed by atoms with Crippen LogP contribution in [0, 0.1) is 11.6 Å². The van der Waals surface area contributed by atoms with E-state index in [0.29, 0.717) is 13.0 Å². The molecule has 1 saturated heterocycles. The van der Waals surface area contributed by atoms with Crippen molar-refractivity contribution in [3.63, 3.8) is 0 Å². The maximum Gasteiger partial charge on any atom is 0.243 e. The summed E-state index contributed by atoms with van der Waals surface area (Å²) >= 11 is 0. The summed E-state index contributed by atoms with van der Waals surface area (Å²) in [5.74, 6) is -2.77. The van der Waals surface area contributed by atoms with Crippen LogP contribution in [0.4, 0.5) is 8.78 Å². The normalized spacial score (nSPS) is 20.7. The molecule has 0 aliphatic carbocycles. The van der Waals surface area contributed by atoms with Crippen LogP contribution in [-0.4, -0.2) is 32.3 Å². The van der Waals surface area contributed by atoms with E-state index in [2.05, 4.69) is 4.72 Å². The predicted octanol–water partition coefficient (Wildman–Crippen LogP) is 1.30. The largest absolute Gasteiger partial charge is 0.392 e. The highest BCUT2D eigenvalue weighted by atomic mass is 32.2. The van der Waals surface area contributed by atoms with Gasteiger partial charge in [0.1, 0.15) is 4.90 Å². The van der Waals surface area contributed by atoms with Gasteiger partial charge in [0.05, 0.1) is 12.7 Å². The first-order valence-electron chi connectivity index (χ1n) is 6.58. The van der Waals surface area contributed by atoms with E-state index in [-0.39, 0.29) is 11.7 Å². The van der Waals surface area contributed by atoms with Crippen LogP contribution in [0.5, 0.6) is 0 Å². The lowest BCUT2D eigenvalue weighted by Gasteiger charge is -2.20. The average Bonchev–Trinajstić information content (AvgIpc) is 2.95. The Labute approximate surface area is 122 Å². The molecule has 5 nitrogen and oxygen atoms in total. The first-order valence-corrected chi connectivity index (χ1v) is 8.06. The van der Waals surface area contributed by atoms with Gasteiger partial charge in [-0.15, -0.1) is 0 Å². The van der Waals surface area contributed by atoms with Crippen LogP contribution in [0.2, 0.25) is 0 Å². The van der Waals surface area contributed by atoms with Crippen molar-refractivity contribution in [3.05, 3.63) is 29.3 Å². The highest BCUT2D eigenvalue weighted by Crippen LogP contribution is 2.22. The molecule has 0 aromatic heterocycles. The van der Waals surface area contributed by atoms with Crippen molar-refractivity contribution in [2.24, 2.45) is 0 Å². The molecule has 1 aromatic rings. The Bertz CT molecular complexity index is 615. The molecule has 0 saturated carbocycles. The molecule has 1 aliphatic heterocycles. The number of hydrogen-bond donors (Lipinski definition) is 2. The third kappa shape index (κ3) is 3.57. The number of halogens is 2. The smallest absolute Gasteiger partial charge is 0.243 e. The van der Waals surface area contributed by atoms with Crippen LogP contribution >= 0.6 is 0 Å². The molecule has 118 valence electrons. The van der Waals surface area contributed by atoms with Crippen LogP contribution in [0.3, 0.4) is 0 Å². The van der Waals surface area contributed by atoms with E-state index in [0.717, 1.165) is 18.6 Å². The molecule has 2 atom stereocenters. The minimum Gasteiger partial charge on any atom is -0.392 e. The highest BCUT2D eigenvalue weighted by molar-refractivity contribution is 7.89. The zero-order chi connectivity index (χ0) is 15.6. The summed E-state index contributed by atoms with van der Waals surface area (Å²) in [4.78, 5) is -0.809. The maximum atomic E-state index is 13.7.